The molecule has 1 aromatic carbocycles. The zero-order valence-corrected chi connectivity index (χ0v) is 21.5. The topological polar surface area (TPSA) is 89.5 Å². The van der Waals surface area contributed by atoms with Crippen molar-refractivity contribution >= 4 is 28.2 Å². The predicted molar refractivity (Wildman–Crippen MR) is 131 cm³/mol. The Morgan fingerprint density at radius 1 is 1.06 bits per heavy atom. The molecule has 6 bridgehead atoms. The minimum Gasteiger partial charge on any atom is -0.458 e. The Labute approximate surface area is 218 Å². The first kappa shape index (κ1) is 24.7. The van der Waals surface area contributed by atoms with Crippen molar-refractivity contribution < 1.29 is 38.0 Å². The molecule has 6 saturated heterocycles. The SMILES string of the molecule is C=C(Br)C[C@@H](CC[C@@]12CC3O[C@H]4C(O1)[C@H]1O[C@@H](CC=O)CCC1O[C@H]4C3O2)OC(=O)c1ccccc1. The van der Waals surface area contributed by atoms with Crippen LogP contribution in [0.2, 0.25) is 0 Å². The highest BCUT2D eigenvalue weighted by Gasteiger charge is 2.68. The Morgan fingerprint density at radius 3 is 2.58 bits per heavy atom. The summed E-state index contributed by atoms with van der Waals surface area (Å²) in [6.45, 7) is 3.94. The summed E-state index contributed by atoms with van der Waals surface area (Å²) >= 11 is 3.42. The molecule has 0 radical (unpaired) electrons. The van der Waals surface area contributed by atoms with Crippen LogP contribution in [-0.4, -0.2) is 73.0 Å². The third kappa shape index (κ3) is 4.59. The summed E-state index contributed by atoms with van der Waals surface area (Å²) in [5, 5.41) is 0. The van der Waals surface area contributed by atoms with E-state index in [1.807, 2.05) is 18.2 Å². The fraction of sp³-hybridized carbons (Fsp3) is 0.630. The highest BCUT2D eigenvalue weighted by molar-refractivity contribution is 9.11. The van der Waals surface area contributed by atoms with Gasteiger partial charge < -0.3 is 33.2 Å². The molecule has 8 nitrogen and oxygen atoms in total. The molecule has 194 valence electrons. The van der Waals surface area contributed by atoms with Gasteiger partial charge in [-0.3, -0.25) is 0 Å². The van der Waals surface area contributed by atoms with Gasteiger partial charge in [0.25, 0.3) is 0 Å². The Morgan fingerprint density at radius 2 is 1.81 bits per heavy atom. The molecule has 7 rings (SSSR count). The van der Waals surface area contributed by atoms with Gasteiger partial charge in [-0.15, -0.1) is 0 Å². The van der Waals surface area contributed by atoms with E-state index >= 15 is 0 Å². The van der Waals surface area contributed by atoms with Crippen LogP contribution in [0.15, 0.2) is 41.4 Å². The molecule has 1 aromatic rings. The van der Waals surface area contributed by atoms with Crippen LogP contribution in [-0.2, 0) is 33.2 Å². The summed E-state index contributed by atoms with van der Waals surface area (Å²) < 4.78 is 39.0. The average molecular weight is 563 g/mol. The third-order valence-corrected chi connectivity index (χ3v) is 8.29. The summed E-state index contributed by atoms with van der Waals surface area (Å²) in [6, 6.07) is 8.96. The van der Waals surface area contributed by atoms with Crippen molar-refractivity contribution in [2.45, 2.75) is 106 Å². The molecular formula is C27H31BrO8. The number of halogens is 1. The van der Waals surface area contributed by atoms with E-state index in [0.29, 0.717) is 37.7 Å². The van der Waals surface area contributed by atoms with Crippen molar-refractivity contribution in [2.75, 3.05) is 0 Å². The summed E-state index contributed by atoms with van der Waals surface area (Å²) in [5.74, 6) is -1.23. The van der Waals surface area contributed by atoms with Gasteiger partial charge in [0.1, 0.15) is 42.9 Å². The quantitative estimate of drug-likeness (QED) is 0.331. The fourth-order valence-electron chi connectivity index (χ4n) is 6.38. The lowest BCUT2D eigenvalue weighted by Gasteiger charge is -2.47. The van der Waals surface area contributed by atoms with Crippen molar-refractivity contribution in [1.29, 1.82) is 0 Å². The van der Waals surface area contributed by atoms with E-state index in [4.69, 9.17) is 28.4 Å². The largest absolute Gasteiger partial charge is 0.458 e. The summed E-state index contributed by atoms with van der Waals surface area (Å²) in [6.07, 6.45) is 3.01. The predicted octanol–water partition coefficient (Wildman–Crippen LogP) is 3.85. The van der Waals surface area contributed by atoms with Gasteiger partial charge in [0.2, 0.25) is 0 Å². The molecule has 0 spiro atoms. The molecule has 0 amide bonds. The zero-order chi connectivity index (χ0) is 24.9. The molecule has 10 atom stereocenters. The van der Waals surface area contributed by atoms with Crippen LogP contribution in [0.3, 0.4) is 0 Å². The van der Waals surface area contributed by atoms with Gasteiger partial charge in [-0.25, -0.2) is 4.79 Å². The van der Waals surface area contributed by atoms with Crippen molar-refractivity contribution in [3.63, 3.8) is 0 Å². The summed E-state index contributed by atoms with van der Waals surface area (Å²) in [5.41, 5.74) is 0.509. The Hall–Kier alpha value is -1.62. The number of benzene rings is 1. The lowest BCUT2D eigenvalue weighted by atomic mass is 9.87. The number of hydrogen-bond donors (Lipinski definition) is 0. The number of hydrogen-bond acceptors (Lipinski definition) is 8. The maximum atomic E-state index is 12.7. The summed E-state index contributed by atoms with van der Waals surface area (Å²) in [4.78, 5) is 23.8. The number of ether oxygens (including phenoxy) is 6. The number of esters is 1. The molecule has 6 aliphatic heterocycles. The first-order valence-electron chi connectivity index (χ1n) is 12.8. The number of carbonyl (C=O) groups excluding carboxylic acids is 2. The van der Waals surface area contributed by atoms with Gasteiger partial charge in [-0.1, -0.05) is 40.7 Å². The molecule has 6 aliphatic rings. The Balaban J connectivity index is 1.18. The second-order valence-corrected chi connectivity index (χ2v) is 11.5. The first-order chi connectivity index (χ1) is 17.4. The molecule has 6 heterocycles. The van der Waals surface area contributed by atoms with Crippen LogP contribution >= 0.6 is 15.9 Å². The smallest absolute Gasteiger partial charge is 0.338 e. The number of fused-ring (bicyclic) bond motifs is 1. The maximum Gasteiger partial charge on any atom is 0.338 e. The van der Waals surface area contributed by atoms with E-state index in [1.165, 1.54) is 0 Å². The van der Waals surface area contributed by atoms with Gasteiger partial charge in [-0.2, -0.15) is 0 Å². The molecule has 6 fully saturated rings. The van der Waals surface area contributed by atoms with E-state index in [1.54, 1.807) is 12.1 Å². The van der Waals surface area contributed by atoms with Crippen molar-refractivity contribution in [1.82, 2.24) is 0 Å². The molecule has 0 aromatic heterocycles. The molecule has 0 saturated carbocycles. The van der Waals surface area contributed by atoms with Crippen LogP contribution in [0.5, 0.6) is 0 Å². The molecule has 36 heavy (non-hydrogen) atoms. The van der Waals surface area contributed by atoms with Gasteiger partial charge in [0.05, 0.1) is 23.9 Å². The van der Waals surface area contributed by atoms with Crippen LogP contribution in [0.4, 0.5) is 0 Å². The van der Waals surface area contributed by atoms with E-state index in [2.05, 4.69) is 22.5 Å². The third-order valence-electron chi connectivity index (χ3n) is 7.97. The molecule has 0 aliphatic carbocycles. The van der Waals surface area contributed by atoms with Crippen molar-refractivity contribution in [2.24, 2.45) is 0 Å². The second kappa shape index (κ2) is 9.93. The van der Waals surface area contributed by atoms with Gasteiger partial charge in [-0.05, 0) is 35.9 Å². The number of aldehydes is 1. The maximum absolute atomic E-state index is 12.7. The lowest BCUT2D eigenvalue weighted by Crippen LogP contribution is -2.61. The van der Waals surface area contributed by atoms with Gasteiger partial charge >= 0.3 is 5.97 Å². The van der Waals surface area contributed by atoms with E-state index in [9.17, 15) is 9.59 Å². The minimum absolute atomic E-state index is 0.0993. The van der Waals surface area contributed by atoms with E-state index in [0.717, 1.165) is 23.6 Å². The molecule has 0 N–H and O–H groups in total. The van der Waals surface area contributed by atoms with E-state index < -0.39 is 11.9 Å². The molecule has 4 unspecified atom stereocenters. The number of rotatable bonds is 9. The van der Waals surface area contributed by atoms with Crippen molar-refractivity contribution in [3.05, 3.63) is 47.0 Å². The highest BCUT2D eigenvalue weighted by atomic mass is 79.9. The lowest BCUT2D eigenvalue weighted by molar-refractivity contribution is -0.292. The second-order valence-electron chi connectivity index (χ2n) is 10.4. The normalized spacial score (nSPS) is 40.8. The fourth-order valence-corrected chi connectivity index (χ4v) is 6.74. The monoisotopic (exact) mass is 562 g/mol. The summed E-state index contributed by atoms with van der Waals surface area (Å²) in [7, 11) is 0. The van der Waals surface area contributed by atoms with Gasteiger partial charge in [0, 0.05) is 25.7 Å². The molecule has 9 heteroatoms. The molecular weight excluding hydrogens is 532 g/mol. The van der Waals surface area contributed by atoms with E-state index in [-0.39, 0.29) is 54.8 Å². The first-order valence-corrected chi connectivity index (χ1v) is 13.6. The Kier molecular flexibility index (Phi) is 6.81. The highest BCUT2D eigenvalue weighted by Crippen LogP contribution is 2.54. The average Bonchev–Trinajstić information content (AvgIpc) is 3.28. The van der Waals surface area contributed by atoms with Crippen LogP contribution in [0, 0.1) is 0 Å². The standard InChI is InChI=1S/C27H31BrO8/c1-15(28)13-18(32-26(30)16-5-3-2-4-6-16)9-11-27-14-20-22(35-27)23-24(34-20)25(36-27)21-19(33-23)8-7-17(31-21)10-12-29/h2-6,12,17-25H,1,7-11,13-14H2/t17-,18-,19?,20?,21+,22?,23+,24-,25?,27+/m1/s1. The van der Waals surface area contributed by atoms with Crippen LogP contribution in [0.1, 0.15) is 55.3 Å². The van der Waals surface area contributed by atoms with Gasteiger partial charge in [0.15, 0.2) is 5.79 Å². The minimum atomic E-state index is -0.867. The Bertz CT molecular complexity index is 1000. The van der Waals surface area contributed by atoms with Crippen LogP contribution < -0.4 is 0 Å². The number of carbonyl (C=O) groups is 2. The van der Waals surface area contributed by atoms with Crippen molar-refractivity contribution in [3.8, 4) is 0 Å². The zero-order valence-electron chi connectivity index (χ0n) is 20.0. The van der Waals surface area contributed by atoms with Crippen LogP contribution in [0.25, 0.3) is 0 Å².